The standard InChI is InChI=1S/C10H12ClF3N2/c1-9(2,6-11)16-8-5-3-4-7(15-8)10(12,13)14/h3-5H,6H2,1-2H3,(H,15,16). The third-order valence-corrected chi connectivity index (χ3v) is 2.51. The molecule has 1 heterocycles. The Bertz CT molecular complexity index is 363. The number of nitrogens with zero attached hydrogens (tertiary/aromatic N) is 1. The summed E-state index contributed by atoms with van der Waals surface area (Å²) in [6, 6.07) is 3.71. The van der Waals surface area contributed by atoms with Crippen molar-refractivity contribution in [1.29, 1.82) is 0 Å². The van der Waals surface area contributed by atoms with Gasteiger partial charge in [-0.3, -0.25) is 0 Å². The smallest absolute Gasteiger partial charge is 0.364 e. The summed E-state index contributed by atoms with van der Waals surface area (Å²) in [5, 5.41) is 2.84. The maximum Gasteiger partial charge on any atom is 0.433 e. The van der Waals surface area contributed by atoms with Gasteiger partial charge >= 0.3 is 6.18 Å². The summed E-state index contributed by atoms with van der Waals surface area (Å²) >= 11 is 5.66. The van der Waals surface area contributed by atoms with Gasteiger partial charge in [0, 0.05) is 11.4 Å². The van der Waals surface area contributed by atoms with Crippen molar-refractivity contribution in [2.24, 2.45) is 0 Å². The Labute approximate surface area is 96.8 Å². The zero-order chi connectivity index (χ0) is 12.4. The van der Waals surface area contributed by atoms with Crippen LogP contribution in [-0.2, 0) is 6.18 Å². The Balaban J connectivity index is 2.92. The van der Waals surface area contributed by atoms with Crippen molar-refractivity contribution in [3.8, 4) is 0 Å². The van der Waals surface area contributed by atoms with Gasteiger partial charge in [0.2, 0.25) is 0 Å². The molecule has 0 atom stereocenters. The third kappa shape index (κ3) is 3.56. The number of anilines is 1. The highest BCUT2D eigenvalue weighted by Gasteiger charge is 2.32. The van der Waals surface area contributed by atoms with Crippen molar-refractivity contribution in [3.63, 3.8) is 0 Å². The van der Waals surface area contributed by atoms with Gasteiger partial charge in [0.1, 0.15) is 11.5 Å². The molecule has 16 heavy (non-hydrogen) atoms. The van der Waals surface area contributed by atoms with Crippen LogP contribution >= 0.6 is 11.6 Å². The van der Waals surface area contributed by atoms with Crippen LogP contribution in [0.1, 0.15) is 19.5 Å². The predicted molar refractivity (Wildman–Crippen MR) is 57.7 cm³/mol. The maximum absolute atomic E-state index is 12.4. The minimum Gasteiger partial charge on any atom is -0.364 e. The lowest BCUT2D eigenvalue weighted by atomic mass is 10.1. The molecule has 0 aromatic carbocycles. The quantitative estimate of drug-likeness (QED) is 0.833. The van der Waals surface area contributed by atoms with Crippen molar-refractivity contribution in [2.45, 2.75) is 25.6 Å². The second-order valence-corrected chi connectivity index (χ2v) is 4.32. The minimum absolute atomic E-state index is 0.167. The summed E-state index contributed by atoms with van der Waals surface area (Å²) in [5.41, 5.74) is -1.42. The zero-order valence-corrected chi connectivity index (χ0v) is 9.65. The van der Waals surface area contributed by atoms with E-state index in [-0.39, 0.29) is 11.7 Å². The first kappa shape index (κ1) is 13.1. The normalized spacial score (nSPS) is 12.6. The molecule has 0 unspecified atom stereocenters. The topological polar surface area (TPSA) is 24.9 Å². The number of aromatic nitrogens is 1. The second kappa shape index (κ2) is 4.49. The number of nitrogens with one attached hydrogen (secondary N) is 1. The predicted octanol–water partition coefficient (Wildman–Crippen LogP) is 3.53. The molecule has 6 heteroatoms. The molecule has 0 amide bonds. The molecule has 1 N–H and O–H groups in total. The Kier molecular flexibility index (Phi) is 3.68. The fourth-order valence-corrected chi connectivity index (χ4v) is 1.11. The molecule has 0 bridgehead atoms. The van der Waals surface area contributed by atoms with Gasteiger partial charge in [0.15, 0.2) is 0 Å². The number of halogens is 4. The van der Waals surface area contributed by atoms with Crippen LogP contribution in [-0.4, -0.2) is 16.4 Å². The molecule has 0 aliphatic rings. The van der Waals surface area contributed by atoms with E-state index < -0.39 is 17.4 Å². The Hall–Kier alpha value is -0.970. The average molecular weight is 253 g/mol. The monoisotopic (exact) mass is 252 g/mol. The molecule has 0 saturated carbocycles. The second-order valence-electron chi connectivity index (χ2n) is 4.05. The molecule has 1 rings (SSSR count). The fraction of sp³-hybridized carbons (Fsp3) is 0.500. The van der Waals surface area contributed by atoms with Crippen molar-refractivity contribution < 1.29 is 13.2 Å². The SMILES string of the molecule is CC(C)(CCl)Nc1cccc(C(F)(F)F)n1. The molecule has 0 saturated heterocycles. The highest BCUT2D eigenvalue weighted by atomic mass is 35.5. The van der Waals surface area contributed by atoms with Crippen molar-refractivity contribution in [2.75, 3.05) is 11.2 Å². The van der Waals surface area contributed by atoms with Crippen LogP contribution in [0.3, 0.4) is 0 Å². The molecule has 0 aliphatic carbocycles. The third-order valence-electron chi connectivity index (χ3n) is 1.84. The number of pyridine rings is 1. The molecular weight excluding hydrogens is 241 g/mol. The largest absolute Gasteiger partial charge is 0.433 e. The summed E-state index contributed by atoms with van der Waals surface area (Å²) in [7, 11) is 0. The first-order chi connectivity index (χ1) is 7.24. The number of hydrogen-bond donors (Lipinski definition) is 1. The van der Waals surface area contributed by atoms with E-state index in [2.05, 4.69) is 10.3 Å². The molecular formula is C10H12ClF3N2. The lowest BCUT2D eigenvalue weighted by molar-refractivity contribution is -0.141. The first-order valence-corrected chi connectivity index (χ1v) is 5.16. The van der Waals surface area contributed by atoms with Crippen LogP contribution < -0.4 is 5.32 Å². The van der Waals surface area contributed by atoms with Crippen molar-refractivity contribution >= 4 is 17.4 Å². The van der Waals surface area contributed by atoms with Gasteiger partial charge < -0.3 is 5.32 Å². The first-order valence-electron chi connectivity index (χ1n) is 4.63. The van der Waals surface area contributed by atoms with Gasteiger partial charge in [-0.25, -0.2) is 4.98 Å². The molecule has 0 radical (unpaired) electrons. The van der Waals surface area contributed by atoms with E-state index in [1.54, 1.807) is 13.8 Å². The molecule has 0 aliphatic heterocycles. The summed E-state index contributed by atoms with van der Waals surface area (Å²) in [5.74, 6) is 0.436. The van der Waals surface area contributed by atoms with Crippen LogP contribution in [0.15, 0.2) is 18.2 Å². The van der Waals surface area contributed by atoms with Gasteiger partial charge in [0.25, 0.3) is 0 Å². The van der Waals surface area contributed by atoms with E-state index in [0.717, 1.165) is 6.07 Å². The van der Waals surface area contributed by atoms with Crippen molar-refractivity contribution in [1.82, 2.24) is 4.98 Å². The van der Waals surface area contributed by atoms with Gasteiger partial charge in [0.05, 0.1) is 0 Å². The average Bonchev–Trinajstić information content (AvgIpc) is 2.16. The van der Waals surface area contributed by atoms with Crippen molar-refractivity contribution in [3.05, 3.63) is 23.9 Å². The van der Waals surface area contributed by atoms with E-state index in [1.165, 1.54) is 12.1 Å². The van der Waals surface area contributed by atoms with Crippen LogP contribution in [0, 0.1) is 0 Å². The van der Waals surface area contributed by atoms with E-state index in [0.29, 0.717) is 0 Å². The highest BCUT2D eigenvalue weighted by Crippen LogP contribution is 2.28. The molecule has 0 fully saturated rings. The molecule has 1 aromatic rings. The molecule has 0 spiro atoms. The van der Waals surface area contributed by atoms with E-state index in [9.17, 15) is 13.2 Å². The van der Waals surface area contributed by atoms with Crippen LogP contribution in [0.2, 0.25) is 0 Å². The lowest BCUT2D eigenvalue weighted by Gasteiger charge is -2.24. The van der Waals surface area contributed by atoms with E-state index in [1.807, 2.05) is 0 Å². The highest BCUT2D eigenvalue weighted by molar-refractivity contribution is 6.18. The minimum atomic E-state index is -4.43. The maximum atomic E-state index is 12.4. The molecule has 2 nitrogen and oxygen atoms in total. The Morgan fingerprint density at radius 2 is 1.94 bits per heavy atom. The summed E-state index contributed by atoms with van der Waals surface area (Å²) in [6.07, 6.45) is -4.43. The Morgan fingerprint density at radius 1 is 1.31 bits per heavy atom. The van der Waals surface area contributed by atoms with Crippen LogP contribution in [0.5, 0.6) is 0 Å². The Morgan fingerprint density at radius 3 is 2.44 bits per heavy atom. The fourth-order valence-electron chi connectivity index (χ4n) is 1.04. The molecule has 90 valence electrons. The number of rotatable bonds is 3. The van der Waals surface area contributed by atoms with E-state index >= 15 is 0 Å². The summed E-state index contributed by atoms with van der Waals surface area (Å²) in [6.45, 7) is 3.56. The van der Waals surface area contributed by atoms with Crippen LogP contribution in [0.4, 0.5) is 19.0 Å². The number of alkyl halides is 4. The summed E-state index contributed by atoms with van der Waals surface area (Å²) in [4.78, 5) is 3.48. The van der Waals surface area contributed by atoms with Gasteiger partial charge in [-0.2, -0.15) is 13.2 Å². The van der Waals surface area contributed by atoms with E-state index in [4.69, 9.17) is 11.6 Å². The van der Waals surface area contributed by atoms with Gasteiger partial charge in [-0.1, -0.05) is 6.07 Å². The zero-order valence-electron chi connectivity index (χ0n) is 8.90. The lowest BCUT2D eigenvalue weighted by Crippen LogP contribution is -2.33. The van der Waals surface area contributed by atoms with Gasteiger partial charge in [-0.15, -0.1) is 11.6 Å². The summed E-state index contributed by atoms with van der Waals surface area (Å²) < 4.78 is 37.1. The van der Waals surface area contributed by atoms with Gasteiger partial charge in [-0.05, 0) is 26.0 Å². The molecule has 1 aromatic heterocycles. The van der Waals surface area contributed by atoms with Crippen LogP contribution in [0.25, 0.3) is 0 Å². The number of hydrogen-bond acceptors (Lipinski definition) is 2.